The molecule has 1 aliphatic rings. The molecule has 3 rings (SSSR count). The van der Waals surface area contributed by atoms with Crippen molar-refractivity contribution >= 4 is 5.91 Å². The minimum absolute atomic E-state index is 0.191. The van der Waals surface area contributed by atoms with Crippen LogP contribution in [0.2, 0.25) is 0 Å². The summed E-state index contributed by atoms with van der Waals surface area (Å²) >= 11 is 0. The van der Waals surface area contributed by atoms with Crippen molar-refractivity contribution in [2.24, 2.45) is 0 Å². The third-order valence-electron chi connectivity index (χ3n) is 4.57. The van der Waals surface area contributed by atoms with Crippen molar-refractivity contribution in [3.05, 3.63) is 36.2 Å². The first-order chi connectivity index (χ1) is 11.7. The first-order valence-electron chi connectivity index (χ1n) is 8.60. The van der Waals surface area contributed by atoms with E-state index in [0.29, 0.717) is 18.3 Å². The van der Waals surface area contributed by atoms with Gasteiger partial charge in [-0.1, -0.05) is 35.5 Å². The number of carbonyl (C=O) groups excluding carboxylic acids is 1. The molecule has 1 amide bonds. The number of hydrogen-bond acceptors (Lipinski definition) is 5. The molecule has 1 aliphatic heterocycles. The molecule has 0 N–H and O–H groups in total. The van der Waals surface area contributed by atoms with Crippen LogP contribution in [0.25, 0.3) is 11.4 Å². The molecule has 128 valence electrons. The van der Waals surface area contributed by atoms with E-state index in [1.165, 1.54) is 0 Å². The number of aromatic nitrogens is 2. The van der Waals surface area contributed by atoms with Crippen LogP contribution in [-0.2, 0) is 4.79 Å². The van der Waals surface area contributed by atoms with Gasteiger partial charge in [0.2, 0.25) is 17.6 Å². The van der Waals surface area contributed by atoms with Gasteiger partial charge in [-0.3, -0.25) is 9.69 Å². The molecule has 1 saturated heterocycles. The van der Waals surface area contributed by atoms with Gasteiger partial charge in [-0.15, -0.1) is 0 Å². The van der Waals surface area contributed by atoms with Crippen molar-refractivity contribution in [2.45, 2.75) is 26.2 Å². The number of rotatable bonds is 6. The van der Waals surface area contributed by atoms with E-state index in [4.69, 9.17) is 4.52 Å². The normalized spacial score (nSPS) is 18.0. The summed E-state index contributed by atoms with van der Waals surface area (Å²) < 4.78 is 5.46. The van der Waals surface area contributed by atoms with Crippen molar-refractivity contribution < 1.29 is 9.32 Å². The highest BCUT2D eigenvalue weighted by Crippen LogP contribution is 2.27. The van der Waals surface area contributed by atoms with Gasteiger partial charge in [0.05, 0.1) is 12.5 Å². The summed E-state index contributed by atoms with van der Waals surface area (Å²) in [6.45, 7) is 7.70. The number of amides is 1. The molecule has 6 heteroatoms. The smallest absolute Gasteiger partial charge is 0.236 e. The van der Waals surface area contributed by atoms with Gasteiger partial charge >= 0.3 is 0 Å². The fourth-order valence-corrected chi connectivity index (χ4v) is 3.15. The fourth-order valence-electron chi connectivity index (χ4n) is 3.15. The van der Waals surface area contributed by atoms with Gasteiger partial charge in [-0.25, -0.2) is 0 Å². The molecule has 0 aliphatic carbocycles. The molecule has 2 heterocycles. The topological polar surface area (TPSA) is 62.5 Å². The molecule has 0 saturated carbocycles. The van der Waals surface area contributed by atoms with Crippen LogP contribution >= 0.6 is 0 Å². The summed E-state index contributed by atoms with van der Waals surface area (Å²) in [7, 11) is 0. The summed E-state index contributed by atoms with van der Waals surface area (Å²) in [5, 5.41) is 4.09. The van der Waals surface area contributed by atoms with Gasteiger partial charge in [0.25, 0.3) is 0 Å². The lowest BCUT2D eigenvalue weighted by Gasteiger charge is -2.22. The summed E-state index contributed by atoms with van der Waals surface area (Å²) in [4.78, 5) is 20.8. The largest absolute Gasteiger partial charge is 0.342 e. The number of hydrogen-bond donors (Lipinski definition) is 0. The molecular formula is C18H24N4O2. The van der Waals surface area contributed by atoms with Crippen molar-refractivity contribution in [3.63, 3.8) is 0 Å². The van der Waals surface area contributed by atoms with Crippen molar-refractivity contribution in [3.8, 4) is 11.4 Å². The lowest BCUT2D eigenvalue weighted by atomic mass is 10.1. The molecule has 1 aromatic carbocycles. The number of likely N-dealkylation sites (tertiary alicyclic amines) is 1. The predicted molar refractivity (Wildman–Crippen MR) is 91.5 cm³/mol. The second-order valence-electron chi connectivity index (χ2n) is 6.11. The van der Waals surface area contributed by atoms with E-state index in [1.807, 2.05) is 49.1 Å². The Morgan fingerprint density at radius 1 is 1.29 bits per heavy atom. The molecule has 1 atom stereocenters. The fraction of sp³-hybridized carbons (Fsp3) is 0.500. The van der Waals surface area contributed by atoms with Gasteiger partial charge in [-0.2, -0.15) is 4.98 Å². The first-order valence-corrected chi connectivity index (χ1v) is 8.60. The zero-order valence-corrected chi connectivity index (χ0v) is 14.3. The average Bonchev–Trinajstić information content (AvgIpc) is 3.26. The maximum absolute atomic E-state index is 12.2. The molecule has 2 aromatic rings. The number of carbonyl (C=O) groups is 1. The lowest BCUT2D eigenvalue weighted by molar-refractivity contribution is -0.131. The SMILES string of the molecule is CCN(CC)C(=O)CN1CCC(c2nc(-c3ccccc3)no2)C1. The van der Waals surface area contributed by atoms with Gasteiger partial charge in [0.1, 0.15) is 0 Å². The maximum Gasteiger partial charge on any atom is 0.236 e. The second-order valence-corrected chi connectivity index (χ2v) is 6.11. The van der Waals surface area contributed by atoms with E-state index in [2.05, 4.69) is 15.0 Å². The Morgan fingerprint density at radius 2 is 2.04 bits per heavy atom. The highest BCUT2D eigenvalue weighted by molar-refractivity contribution is 5.78. The Labute approximate surface area is 142 Å². The first kappa shape index (κ1) is 16.6. The standard InChI is InChI=1S/C18H24N4O2/c1-3-22(4-2)16(23)13-21-11-10-15(12-21)18-19-17(20-24-18)14-8-6-5-7-9-14/h5-9,15H,3-4,10-13H2,1-2H3. The third kappa shape index (κ3) is 3.64. The zero-order valence-electron chi connectivity index (χ0n) is 14.3. The molecule has 0 spiro atoms. The highest BCUT2D eigenvalue weighted by Gasteiger charge is 2.30. The summed E-state index contributed by atoms with van der Waals surface area (Å²) in [6, 6.07) is 9.83. The summed E-state index contributed by atoms with van der Waals surface area (Å²) in [5.74, 6) is 1.70. The molecule has 6 nitrogen and oxygen atoms in total. The molecule has 1 unspecified atom stereocenters. The van der Waals surface area contributed by atoms with Crippen LogP contribution in [0.15, 0.2) is 34.9 Å². The van der Waals surface area contributed by atoms with Crippen LogP contribution < -0.4 is 0 Å². The minimum atomic E-state index is 0.191. The molecule has 0 radical (unpaired) electrons. The predicted octanol–water partition coefficient (Wildman–Crippen LogP) is 2.39. The monoisotopic (exact) mass is 328 g/mol. The molecule has 1 fully saturated rings. The Hall–Kier alpha value is -2.21. The highest BCUT2D eigenvalue weighted by atomic mass is 16.5. The van der Waals surface area contributed by atoms with Gasteiger partial charge < -0.3 is 9.42 Å². The Balaban J connectivity index is 1.60. The van der Waals surface area contributed by atoms with E-state index in [-0.39, 0.29) is 11.8 Å². The van der Waals surface area contributed by atoms with Crippen LogP contribution in [-0.4, -0.2) is 58.6 Å². The quantitative estimate of drug-likeness (QED) is 0.815. The zero-order chi connectivity index (χ0) is 16.9. The Morgan fingerprint density at radius 3 is 2.75 bits per heavy atom. The van der Waals surface area contributed by atoms with E-state index in [0.717, 1.165) is 38.2 Å². The van der Waals surface area contributed by atoms with E-state index < -0.39 is 0 Å². The van der Waals surface area contributed by atoms with E-state index in [1.54, 1.807) is 0 Å². The number of likely N-dealkylation sites (N-methyl/N-ethyl adjacent to an activating group) is 1. The third-order valence-corrected chi connectivity index (χ3v) is 4.57. The van der Waals surface area contributed by atoms with Crippen molar-refractivity contribution in [1.29, 1.82) is 0 Å². The van der Waals surface area contributed by atoms with Crippen LogP contribution in [0.5, 0.6) is 0 Å². The maximum atomic E-state index is 12.2. The summed E-state index contributed by atoms with van der Waals surface area (Å²) in [5.41, 5.74) is 0.957. The molecule has 0 bridgehead atoms. The van der Waals surface area contributed by atoms with E-state index in [9.17, 15) is 4.79 Å². The van der Waals surface area contributed by atoms with Gasteiger partial charge in [-0.05, 0) is 26.8 Å². The lowest BCUT2D eigenvalue weighted by Crippen LogP contribution is -2.39. The molecule has 1 aromatic heterocycles. The van der Waals surface area contributed by atoms with Crippen LogP contribution in [0.4, 0.5) is 0 Å². The molecule has 24 heavy (non-hydrogen) atoms. The number of nitrogens with zero attached hydrogens (tertiary/aromatic N) is 4. The molecular weight excluding hydrogens is 304 g/mol. The average molecular weight is 328 g/mol. The van der Waals surface area contributed by atoms with Gasteiger partial charge in [0, 0.05) is 25.2 Å². The van der Waals surface area contributed by atoms with Gasteiger partial charge in [0.15, 0.2) is 0 Å². The second kappa shape index (κ2) is 7.57. The number of benzene rings is 1. The van der Waals surface area contributed by atoms with E-state index >= 15 is 0 Å². The minimum Gasteiger partial charge on any atom is -0.342 e. The summed E-state index contributed by atoms with van der Waals surface area (Å²) in [6.07, 6.45) is 0.946. The van der Waals surface area contributed by atoms with Crippen LogP contribution in [0.3, 0.4) is 0 Å². The van der Waals surface area contributed by atoms with Crippen LogP contribution in [0.1, 0.15) is 32.1 Å². The van der Waals surface area contributed by atoms with Crippen molar-refractivity contribution in [1.82, 2.24) is 19.9 Å². The van der Waals surface area contributed by atoms with Crippen LogP contribution in [0, 0.1) is 0 Å². The Bertz CT molecular complexity index is 667. The Kier molecular flexibility index (Phi) is 5.25. The van der Waals surface area contributed by atoms with Crippen molar-refractivity contribution in [2.75, 3.05) is 32.7 Å².